The molecule has 1 aromatic rings. The summed E-state index contributed by atoms with van der Waals surface area (Å²) in [6.07, 6.45) is 1.23. The van der Waals surface area contributed by atoms with Crippen molar-refractivity contribution in [2.75, 3.05) is 24.5 Å². The largest absolute Gasteiger partial charge is 0.324 e. The molecular weight excluding hydrogens is 204 g/mol. The molecule has 0 saturated carbocycles. The van der Waals surface area contributed by atoms with E-state index in [9.17, 15) is 0 Å². The van der Waals surface area contributed by atoms with E-state index in [4.69, 9.17) is 4.52 Å². The predicted molar refractivity (Wildman–Crippen MR) is 60.5 cm³/mol. The second-order valence-electron chi connectivity index (χ2n) is 5.06. The molecule has 1 N–H and O–H groups in total. The second kappa shape index (κ2) is 3.73. The van der Waals surface area contributed by atoms with Gasteiger partial charge in [-0.3, -0.25) is 0 Å². The van der Waals surface area contributed by atoms with Gasteiger partial charge in [0.2, 0.25) is 0 Å². The lowest BCUT2D eigenvalue weighted by Crippen LogP contribution is -2.34. The van der Waals surface area contributed by atoms with Crippen LogP contribution in [0.1, 0.15) is 32.0 Å². The van der Waals surface area contributed by atoms with Crippen LogP contribution in [0.25, 0.3) is 0 Å². The maximum atomic E-state index is 5.36. The Kier molecular flexibility index (Phi) is 2.35. The van der Waals surface area contributed by atoms with E-state index in [1.807, 2.05) is 0 Å². The van der Waals surface area contributed by atoms with Gasteiger partial charge in [-0.05, 0) is 12.3 Å². The van der Waals surface area contributed by atoms with Crippen LogP contribution in [0.4, 0.5) is 6.01 Å². The fourth-order valence-electron chi connectivity index (χ4n) is 2.66. The lowest BCUT2D eigenvalue weighted by Gasteiger charge is -2.20. The van der Waals surface area contributed by atoms with Gasteiger partial charge in [-0.15, -0.1) is 0 Å². The van der Waals surface area contributed by atoms with Gasteiger partial charge in [0, 0.05) is 31.6 Å². The third-order valence-electron chi connectivity index (χ3n) is 3.64. The number of nitrogens with one attached hydrogen (secondary N) is 1. The molecule has 0 bridgehead atoms. The molecule has 88 valence electrons. The molecule has 0 radical (unpaired) electrons. The monoisotopic (exact) mass is 222 g/mol. The predicted octanol–water partition coefficient (Wildman–Crippen LogP) is 0.991. The third kappa shape index (κ3) is 1.50. The van der Waals surface area contributed by atoms with Crippen molar-refractivity contribution in [2.24, 2.45) is 5.92 Å². The van der Waals surface area contributed by atoms with Crippen molar-refractivity contribution in [3.63, 3.8) is 0 Å². The molecule has 3 rings (SSSR count). The first-order chi connectivity index (χ1) is 7.75. The molecule has 2 aliphatic heterocycles. The summed E-state index contributed by atoms with van der Waals surface area (Å²) in [5.74, 6) is 1.90. The number of hydrogen-bond donors (Lipinski definition) is 1. The van der Waals surface area contributed by atoms with Gasteiger partial charge in [-0.1, -0.05) is 19.0 Å². The van der Waals surface area contributed by atoms with Gasteiger partial charge < -0.3 is 14.7 Å². The molecule has 0 aromatic carbocycles. The van der Waals surface area contributed by atoms with E-state index >= 15 is 0 Å². The van der Waals surface area contributed by atoms with Crippen LogP contribution < -0.4 is 10.2 Å². The van der Waals surface area contributed by atoms with Crippen LogP contribution in [-0.4, -0.2) is 35.8 Å². The first kappa shape index (κ1) is 10.1. The summed E-state index contributed by atoms with van der Waals surface area (Å²) < 4.78 is 5.36. The van der Waals surface area contributed by atoms with E-state index in [1.165, 1.54) is 6.42 Å². The smallest absolute Gasteiger partial charge is 0.320 e. The normalized spacial score (nSPS) is 29.1. The summed E-state index contributed by atoms with van der Waals surface area (Å²) in [5, 5.41) is 7.45. The number of aromatic nitrogens is 2. The van der Waals surface area contributed by atoms with E-state index in [-0.39, 0.29) is 0 Å². The number of anilines is 1. The summed E-state index contributed by atoms with van der Waals surface area (Å²) in [7, 11) is 0. The van der Waals surface area contributed by atoms with Gasteiger partial charge in [0.25, 0.3) is 0 Å². The molecule has 16 heavy (non-hydrogen) atoms. The van der Waals surface area contributed by atoms with Gasteiger partial charge in [0.05, 0.1) is 0 Å². The van der Waals surface area contributed by atoms with Crippen molar-refractivity contribution in [2.45, 2.75) is 32.2 Å². The van der Waals surface area contributed by atoms with Crippen molar-refractivity contribution in [1.82, 2.24) is 15.5 Å². The Morgan fingerprint density at radius 2 is 2.31 bits per heavy atom. The molecule has 0 spiro atoms. The van der Waals surface area contributed by atoms with Crippen molar-refractivity contribution in [1.29, 1.82) is 0 Å². The molecule has 0 unspecified atom stereocenters. The van der Waals surface area contributed by atoms with E-state index in [2.05, 4.69) is 34.2 Å². The highest BCUT2D eigenvalue weighted by Crippen LogP contribution is 2.31. The van der Waals surface area contributed by atoms with Crippen LogP contribution in [-0.2, 0) is 0 Å². The van der Waals surface area contributed by atoms with Gasteiger partial charge >= 0.3 is 6.01 Å². The van der Waals surface area contributed by atoms with E-state index < -0.39 is 0 Å². The zero-order chi connectivity index (χ0) is 11.1. The molecule has 2 fully saturated rings. The minimum atomic E-state index is 0.331. The molecule has 1 aromatic heterocycles. The standard InChI is InChI=1S/C11H18N4O/c1-7(2)10-13-11(16-14-10)15-4-3-8-5-12-6-9(8)15/h7-9,12H,3-6H2,1-2H3/t8-,9+/m1/s1. The molecule has 5 nitrogen and oxygen atoms in total. The molecule has 5 heteroatoms. The second-order valence-corrected chi connectivity index (χ2v) is 5.06. The molecule has 0 amide bonds. The molecule has 0 aliphatic carbocycles. The Morgan fingerprint density at radius 3 is 3.06 bits per heavy atom. The highest BCUT2D eigenvalue weighted by Gasteiger charge is 2.39. The summed E-state index contributed by atoms with van der Waals surface area (Å²) >= 11 is 0. The molecular formula is C11H18N4O. The van der Waals surface area contributed by atoms with Gasteiger partial charge in [-0.2, -0.15) is 4.98 Å². The minimum absolute atomic E-state index is 0.331. The highest BCUT2D eigenvalue weighted by atomic mass is 16.5. The number of hydrogen-bond acceptors (Lipinski definition) is 5. The van der Waals surface area contributed by atoms with Crippen molar-refractivity contribution in [3.8, 4) is 0 Å². The van der Waals surface area contributed by atoms with Crippen LogP contribution >= 0.6 is 0 Å². The Hall–Kier alpha value is -1.10. The van der Waals surface area contributed by atoms with Crippen LogP contribution in [0.15, 0.2) is 4.52 Å². The molecule has 2 aliphatic rings. The van der Waals surface area contributed by atoms with E-state index in [0.29, 0.717) is 18.0 Å². The van der Waals surface area contributed by atoms with Crippen molar-refractivity contribution >= 4 is 6.01 Å². The van der Waals surface area contributed by atoms with Gasteiger partial charge in [0.1, 0.15) is 0 Å². The maximum absolute atomic E-state index is 5.36. The zero-order valence-electron chi connectivity index (χ0n) is 9.81. The third-order valence-corrected chi connectivity index (χ3v) is 3.64. The van der Waals surface area contributed by atoms with Crippen LogP contribution in [0, 0.1) is 5.92 Å². The fourth-order valence-corrected chi connectivity index (χ4v) is 2.66. The Bertz CT molecular complexity index is 376. The molecule has 3 heterocycles. The lowest BCUT2D eigenvalue weighted by molar-refractivity contribution is 0.400. The average molecular weight is 222 g/mol. The fraction of sp³-hybridized carbons (Fsp3) is 0.818. The first-order valence-corrected chi connectivity index (χ1v) is 6.06. The highest BCUT2D eigenvalue weighted by molar-refractivity contribution is 5.32. The summed E-state index contributed by atoms with van der Waals surface area (Å²) in [5.41, 5.74) is 0. The van der Waals surface area contributed by atoms with E-state index in [1.54, 1.807) is 0 Å². The molecule has 2 atom stereocenters. The Labute approximate surface area is 95.2 Å². The topological polar surface area (TPSA) is 54.2 Å². The number of fused-ring (bicyclic) bond motifs is 1. The van der Waals surface area contributed by atoms with Crippen molar-refractivity contribution < 1.29 is 4.52 Å². The van der Waals surface area contributed by atoms with E-state index in [0.717, 1.165) is 31.4 Å². The van der Waals surface area contributed by atoms with Gasteiger partial charge in [-0.25, -0.2) is 0 Å². The minimum Gasteiger partial charge on any atom is -0.320 e. The lowest BCUT2D eigenvalue weighted by atomic mass is 10.1. The molecule has 2 saturated heterocycles. The summed E-state index contributed by atoms with van der Waals surface area (Å²) in [4.78, 5) is 6.74. The zero-order valence-corrected chi connectivity index (χ0v) is 9.81. The van der Waals surface area contributed by atoms with Crippen LogP contribution in [0.3, 0.4) is 0 Å². The van der Waals surface area contributed by atoms with Crippen LogP contribution in [0.5, 0.6) is 0 Å². The first-order valence-electron chi connectivity index (χ1n) is 6.06. The summed E-state index contributed by atoms with van der Waals surface area (Å²) in [6.45, 7) is 7.39. The van der Waals surface area contributed by atoms with Gasteiger partial charge in [0.15, 0.2) is 5.82 Å². The Balaban J connectivity index is 1.81. The average Bonchev–Trinajstić information content (AvgIpc) is 2.92. The Morgan fingerprint density at radius 1 is 1.44 bits per heavy atom. The number of nitrogens with zero attached hydrogens (tertiary/aromatic N) is 3. The number of rotatable bonds is 2. The maximum Gasteiger partial charge on any atom is 0.324 e. The quantitative estimate of drug-likeness (QED) is 0.808. The SMILES string of the molecule is CC(C)c1noc(N2CC[C@@H]3CNC[C@@H]32)n1. The van der Waals surface area contributed by atoms with Crippen molar-refractivity contribution in [3.05, 3.63) is 5.82 Å². The van der Waals surface area contributed by atoms with Crippen LogP contribution in [0.2, 0.25) is 0 Å². The summed E-state index contributed by atoms with van der Waals surface area (Å²) in [6, 6.07) is 1.26.